The average Bonchev–Trinajstić information content (AvgIpc) is 2.66. The molecule has 0 saturated carbocycles. The van der Waals surface area contributed by atoms with Crippen LogP contribution in [-0.2, 0) is 27.2 Å². The first-order valence-electron chi connectivity index (χ1n) is 9.26. The van der Waals surface area contributed by atoms with E-state index < -0.39 is 5.54 Å². The van der Waals surface area contributed by atoms with E-state index in [-0.39, 0.29) is 17.9 Å². The lowest BCUT2D eigenvalue weighted by Crippen LogP contribution is -2.58. The molecule has 0 fully saturated rings. The van der Waals surface area contributed by atoms with Crippen LogP contribution in [0.25, 0.3) is 0 Å². The molecule has 0 aromatic heterocycles. The second-order valence-corrected chi connectivity index (χ2v) is 7.19. The van der Waals surface area contributed by atoms with E-state index in [9.17, 15) is 9.59 Å². The Morgan fingerprint density at radius 1 is 1.22 bits per heavy atom. The molecule has 0 bridgehead atoms. The van der Waals surface area contributed by atoms with Crippen molar-refractivity contribution in [3.05, 3.63) is 54.6 Å². The summed E-state index contributed by atoms with van der Waals surface area (Å²) >= 11 is 0. The lowest BCUT2D eigenvalue weighted by atomic mass is 9.76. The maximum atomic E-state index is 12.8. The Morgan fingerprint density at radius 2 is 1.89 bits per heavy atom. The first-order chi connectivity index (χ1) is 12.9. The number of nitrogens with zero attached hydrogens (tertiary/aromatic N) is 1. The Bertz CT molecular complexity index is 715. The third-order valence-corrected chi connectivity index (χ3v) is 5.03. The van der Waals surface area contributed by atoms with Crippen LogP contribution in [0.1, 0.15) is 31.4 Å². The molecule has 1 atom stereocenters. The fraction of sp³-hybridized carbons (Fsp3) is 0.455. The summed E-state index contributed by atoms with van der Waals surface area (Å²) in [7, 11) is 1.42. The van der Waals surface area contributed by atoms with E-state index in [0.717, 1.165) is 11.1 Å². The molecular formula is C22H29NO4. The maximum Gasteiger partial charge on any atom is 0.326 e. The van der Waals surface area contributed by atoms with E-state index >= 15 is 0 Å². The van der Waals surface area contributed by atoms with Crippen LogP contribution in [0.4, 0.5) is 0 Å². The first-order valence-corrected chi connectivity index (χ1v) is 9.26. The van der Waals surface area contributed by atoms with Crippen molar-refractivity contribution < 1.29 is 19.1 Å². The molecule has 0 heterocycles. The van der Waals surface area contributed by atoms with Crippen molar-refractivity contribution in [2.75, 3.05) is 20.2 Å². The second-order valence-electron chi connectivity index (χ2n) is 7.19. The SMILES string of the molecule is C=CCN(CC=C)C1(C(=O)OC)CCc2cc(OC(=O)C(C)C)ccc2C1. The van der Waals surface area contributed by atoms with E-state index in [1.807, 2.05) is 12.1 Å². The Labute approximate surface area is 161 Å². The summed E-state index contributed by atoms with van der Waals surface area (Å²) in [6.07, 6.45) is 5.43. The molecule has 2 rings (SSSR count). The Morgan fingerprint density at radius 3 is 2.44 bits per heavy atom. The molecule has 1 aliphatic rings. The first kappa shape index (κ1) is 20.9. The Balaban J connectivity index is 2.34. The highest BCUT2D eigenvalue weighted by Gasteiger charge is 2.46. The molecule has 1 aliphatic carbocycles. The topological polar surface area (TPSA) is 55.8 Å². The molecule has 5 nitrogen and oxygen atoms in total. The zero-order valence-electron chi connectivity index (χ0n) is 16.5. The van der Waals surface area contributed by atoms with Gasteiger partial charge in [-0.2, -0.15) is 0 Å². The summed E-state index contributed by atoms with van der Waals surface area (Å²) in [6.45, 7) is 12.4. The van der Waals surface area contributed by atoms with Crippen LogP contribution in [0.3, 0.4) is 0 Å². The lowest BCUT2D eigenvalue weighted by Gasteiger charge is -2.43. The molecule has 146 valence electrons. The number of carbonyl (C=O) groups is 2. The molecular weight excluding hydrogens is 342 g/mol. The summed E-state index contributed by atoms with van der Waals surface area (Å²) < 4.78 is 10.6. The smallest absolute Gasteiger partial charge is 0.326 e. The monoisotopic (exact) mass is 371 g/mol. The van der Waals surface area contributed by atoms with Gasteiger partial charge in [-0.3, -0.25) is 14.5 Å². The minimum atomic E-state index is -0.750. The van der Waals surface area contributed by atoms with Gasteiger partial charge in [0.15, 0.2) is 0 Å². The van der Waals surface area contributed by atoms with Gasteiger partial charge in [0.1, 0.15) is 11.3 Å². The predicted octanol–water partition coefficient (Wildman–Crippen LogP) is 3.32. The van der Waals surface area contributed by atoms with Gasteiger partial charge in [-0.05, 0) is 36.1 Å². The summed E-state index contributed by atoms with van der Waals surface area (Å²) in [5.74, 6) is -0.128. The van der Waals surface area contributed by atoms with Gasteiger partial charge in [0.2, 0.25) is 0 Å². The van der Waals surface area contributed by atoms with Crippen molar-refractivity contribution in [3.8, 4) is 5.75 Å². The molecule has 0 saturated heterocycles. The van der Waals surface area contributed by atoms with Crippen LogP contribution in [0.5, 0.6) is 5.75 Å². The highest BCUT2D eigenvalue weighted by atomic mass is 16.5. The zero-order valence-corrected chi connectivity index (χ0v) is 16.5. The standard InChI is InChI=1S/C22H29NO4/c1-6-12-23(13-7-2)22(21(25)26-5)11-10-17-14-19(9-8-18(17)15-22)27-20(24)16(3)4/h6-9,14,16H,1-2,10-13,15H2,3-5H3. The number of hydrogen-bond donors (Lipinski definition) is 0. The molecule has 1 aromatic rings. The number of carbonyl (C=O) groups excluding carboxylic acids is 2. The normalized spacial score (nSPS) is 18.7. The number of hydrogen-bond acceptors (Lipinski definition) is 5. The summed E-state index contributed by atoms with van der Waals surface area (Å²) in [5.41, 5.74) is 1.41. The number of fused-ring (bicyclic) bond motifs is 1. The molecule has 1 aromatic carbocycles. The van der Waals surface area contributed by atoms with Gasteiger partial charge < -0.3 is 9.47 Å². The number of methoxy groups -OCH3 is 1. The molecule has 5 heteroatoms. The van der Waals surface area contributed by atoms with Crippen LogP contribution in [0, 0.1) is 5.92 Å². The van der Waals surface area contributed by atoms with Gasteiger partial charge in [-0.15, -0.1) is 13.2 Å². The molecule has 0 N–H and O–H groups in total. The van der Waals surface area contributed by atoms with Gasteiger partial charge >= 0.3 is 11.9 Å². The lowest BCUT2D eigenvalue weighted by molar-refractivity contribution is -0.156. The maximum absolute atomic E-state index is 12.8. The van der Waals surface area contributed by atoms with Crippen molar-refractivity contribution in [2.45, 2.75) is 38.6 Å². The molecule has 0 aliphatic heterocycles. The van der Waals surface area contributed by atoms with E-state index in [2.05, 4.69) is 18.1 Å². The highest BCUT2D eigenvalue weighted by molar-refractivity contribution is 5.82. The minimum Gasteiger partial charge on any atom is -0.468 e. The number of rotatable bonds is 8. The Hall–Kier alpha value is -2.40. The Kier molecular flexibility index (Phi) is 6.97. The van der Waals surface area contributed by atoms with Crippen LogP contribution in [-0.4, -0.2) is 42.6 Å². The van der Waals surface area contributed by atoms with Gasteiger partial charge in [-0.25, -0.2) is 0 Å². The highest BCUT2D eigenvalue weighted by Crippen LogP contribution is 2.36. The number of aryl methyl sites for hydroxylation is 1. The van der Waals surface area contributed by atoms with Gasteiger partial charge in [0.05, 0.1) is 13.0 Å². The van der Waals surface area contributed by atoms with Crippen molar-refractivity contribution in [2.24, 2.45) is 5.92 Å². The van der Waals surface area contributed by atoms with Crippen LogP contribution in [0.2, 0.25) is 0 Å². The molecule has 0 amide bonds. The van der Waals surface area contributed by atoms with E-state index in [1.165, 1.54) is 7.11 Å². The average molecular weight is 371 g/mol. The van der Waals surface area contributed by atoms with E-state index in [1.54, 1.807) is 32.1 Å². The van der Waals surface area contributed by atoms with Crippen molar-refractivity contribution >= 4 is 11.9 Å². The molecule has 1 unspecified atom stereocenters. The van der Waals surface area contributed by atoms with Crippen LogP contribution in [0.15, 0.2) is 43.5 Å². The van der Waals surface area contributed by atoms with Crippen LogP contribution < -0.4 is 4.74 Å². The van der Waals surface area contributed by atoms with E-state index in [0.29, 0.717) is 38.1 Å². The van der Waals surface area contributed by atoms with Gasteiger partial charge in [-0.1, -0.05) is 32.1 Å². The largest absolute Gasteiger partial charge is 0.468 e. The number of benzene rings is 1. The van der Waals surface area contributed by atoms with Gasteiger partial charge in [0, 0.05) is 19.5 Å². The second kappa shape index (κ2) is 9.00. The molecule has 27 heavy (non-hydrogen) atoms. The molecule has 0 radical (unpaired) electrons. The third-order valence-electron chi connectivity index (χ3n) is 5.03. The van der Waals surface area contributed by atoms with Crippen molar-refractivity contribution in [1.29, 1.82) is 0 Å². The van der Waals surface area contributed by atoms with E-state index in [4.69, 9.17) is 9.47 Å². The quantitative estimate of drug-likeness (QED) is 0.399. The fourth-order valence-electron chi connectivity index (χ4n) is 3.55. The zero-order chi connectivity index (χ0) is 20.0. The van der Waals surface area contributed by atoms with Crippen LogP contribution >= 0.6 is 0 Å². The molecule has 0 spiro atoms. The minimum absolute atomic E-state index is 0.181. The summed E-state index contributed by atoms with van der Waals surface area (Å²) in [5, 5.41) is 0. The van der Waals surface area contributed by atoms with Crippen molar-refractivity contribution in [3.63, 3.8) is 0 Å². The number of esters is 2. The summed E-state index contributed by atoms with van der Waals surface area (Å²) in [6, 6.07) is 5.63. The predicted molar refractivity (Wildman–Crippen MR) is 106 cm³/mol. The van der Waals surface area contributed by atoms with Gasteiger partial charge in [0.25, 0.3) is 0 Å². The number of ether oxygens (including phenoxy) is 2. The van der Waals surface area contributed by atoms with Crippen molar-refractivity contribution in [1.82, 2.24) is 4.90 Å². The fourth-order valence-corrected chi connectivity index (χ4v) is 3.55. The summed E-state index contributed by atoms with van der Waals surface area (Å²) in [4.78, 5) is 26.7. The third kappa shape index (κ3) is 4.48.